The number of nitrogens with one attached hydrogen (secondary N) is 1. The molecule has 3 N–H and O–H groups in total. The van der Waals surface area contributed by atoms with E-state index < -0.39 is 0 Å². The Morgan fingerprint density at radius 3 is 2.50 bits per heavy atom. The Balaban J connectivity index is 2.35. The zero-order chi connectivity index (χ0) is 15.9. The molecule has 7 nitrogen and oxygen atoms in total. The van der Waals surface area contributed by atoms with Gasteiger partial charge in [0.05, 0.1) is 17.8 Å². The van der Waals surface area contributed by atoms with E-state index in [4.69, 9.17) is 16.3 Å². The van der Waals surface area contributed by atoms with Gasteiger partial charge in [0.25, 0.3) is 0 Å². The second kappa shape index (κ2) is 7.25. The molecule has 1 heterocycles. The first-order valence-electron chi connectivity index (χ1n) is 6.28. The van der Waals surface area contributed by atoms with Crippen molar-refractivity contribution in [2.75, 3.05) is 29.0 Å². The summed E-state index contributed by atoms with van der Waals surface area (Å²) in [5, 5.41) is 20.8. The summed E-state index contributed by atoms with van der Waals surface area (Å²) in [6.45, 7) is 0.0342. The van der Waals surface area contributed by atoms with Gasteiger partial charge in [0.2, 0.25) is 0 Å². The van der Waals surface area contributed by atoms with Crippen LogP contribution in [0.15, 0.2) is 35.1 Å². The molecule has 0 fully saturated rings. The van der Waals surface area contributed by atoms with Crippen molar-refractivity contribution in [3.63, 3.8) is 0 Å². The van der Waals surface area contributed by atoms with Crippen LogP contribution in [0.5, 0.6) is 0 Å². The molecule has 0 unspecified atom stereocenters. The van der Waals surface area contributed by atoms with E-state index in [9.17, 15) is 0 Å². The summed E-state index contributed by atoms with van der Waals surface area (Å²) < 4.78 is 0.862. The Bertz CT molecular complexity index is 732. The number of aromatic nitrogens is 2. The van der Waals surface area contributed by atoms with Crippen molar-refractivity contribution < 1.29 is 0 Å². The van der Waals surface area contributed by atoms with E-state index >= 15 is 0 Å². The molecule has 0 atom stereocenters. The van der Waals surface area contributed by atoms with Gasteiger partial charge in [-0.2, -0.15) is 10.5 Å². The Labute approximate surface area is 136 Å². The Morgan fingerprint density at radius 1 is 1.18 bits per heavy atom. The standard InChI is InChI=1S/C14H12BrN7/c15-10-3-1-2-4-11(10)21-13-12(18)14(20-9-19-13)22(7-5-16)8-6-17/h1-4,9H,7-8,18H2,(H,19,20,21). The van der Waals surface area contributed by atoms with E-state index in [1.165, 1.54) is 11.2 Å². The van der Waals surface area contributed by atoms with Gasteiger partial charge >= 0.3 is 0 Å². The van der Waals surface area contributed by atoms with E-state index in [2.05, 4.69) is 31.2 Å². The molecule has 0 spiro atoms. The average Bonchev–Trinajstić information content (AvgIpc) is 2.51. The second-order valence-corrected chi connectivity index (χ2v) is 5.09. The summed E-state index contributed by atoms with van der Waals surface area (Å²) in [6.07, 6.45) is 1.34. The van der Waals surface area contributed by atoms with Crippen LogP contribution in [0.2, 0.25) is 0 Å². The number of nitriles is 2. The lowest BCUT2D eigenvalue weighted by molar-refractivity contribution is 0.929. The van der Waals surface area contributed by atoms with Crippen molar-refractivity contribution in [3.05, 3.63) is 35.1 Å². The lowest BCUT2D eigenvalue weighted by Crippen LogP contribution is -2.26. The molecule has 1 aromatic heterocycles. The second-order valence-electron chi connectivity index (χ2n) is 4.24. The molecular weight excluding hydrogens is 346 g/mol. The van der Waals surface area contributed by atoms with Gasteiger partial charge in [0, 0.05) is 4.47 Å². The van der Waals surface area contributed by atoms with Gasteiger partial charge < -0.3 is 16.0 Å². The number of rotatable bonds is 5. The van der Waals surface area contributed by atoms with Crippen molar-refractivity contribution in [1.29, 1.82) is 10.5 Å². The maximum atomic E-state index is 8.85. The number of nitrogens with zero attached hydrogens (tertiary/aromatic N) is 5. The van der Waals surface area contributed by atoms with Crippen molar-refractivity contribution in [3.8, 4) is 12.1 Å². The van der Waals surface area contributed by atoms with Crippen LogP contribution in [0.1, 0.15) is 0 Å². The quantitative estimate of drug-likeness (QED) is 0.789. The monoisotopic (exact) mass is 357 g/mol. The third kappa shape index (κ3) is 3.43. The Kier molecular flexibility index (Phi) is 5.12. The van der Waals surface area contributed by atoms with Gasteiger partial charge in [0.1, 0.15) is 25.1 Å². The van der Waals surface area contributed by atoms with Crippen molar-refractivity contribution in [2.45, 2.75) is 0 Å². The molecule has 1 aromatic carbocycles. The highest BCUT2D eigenvalue weighted by Gasteiger charge is 2.15. The molecular formula is C14H12BrN7. The van der Waals surface area contributed by atoms with Crippen molar-refractivity contribution >= 4 is 38.9 Å². The molecule has 0 amide bonds. The normalized spacial score (nSPS) is 9.59. The molecule has 0 radical (unpaired) electrons. The molecule has 22 heavy (non-hydrogen) atoms. The largest absolute Gasteiger partial charge is 0.393 e. The molecule has 0 bridgehead atoms. The van der Waals surface area contributed by atoms with Gasteiger partial charge in [0.15, 0.2) is 11.6 Å². The SMILES string of the molecule is N#CCN(CC#N)c1ncnc(Nc2ccccc2Br)c1N. The molecule has 0 saturated carbocycles. The van der Waals surface area contributed by atoms with Crippen LogP contribution in [-0.4, -0.2) is 23.1 Å². The molecule has 0 saturated heterocycles. The minimum absolute atomic E-state index is 0.0171. The van der Waals surface area contributed by atoms with Crippen molar-refractivity contribution in [1.82, 2.24) is 9.97 Å². The van der Waals surface area contributed by atoms with Gasteiger partial charge in [-0.1, -0.05) is 12.1 Å². The zero-order valence-corrected chi connectivity index (χ0v) is 13.1. The van der Waals surface area contributed by atoms with Crippen LogP contribution < -0.4 is 16.0 Å². The van der Waals surface area contributed by atoms with E-state index in [0.717, 1.165) is 10.2 Å². The predicted octanol–water partition coefficient (Wildman–Crippen LogP) is 2.42. The topological polar surface area (TPSA) is 115 Å². The van der Waals surface area contributed by atoms with Crippen LogP contribution >= 0.6 is 15.9 Å². The van der Waals surface area contributed by atoms with Crippen LogP contribution in [-0.2, 0) is 0 Å². The van der Waals surface area contributed by atoms with Crippen LogP contribution in [0.4, 0.5) is 23.0 Å². The van der Waals surface area contributed by atoms with E-state index in [1.807, 2.05) is 36.4 Å². The molecule has 0 aliphatic carbocycles. The fourth-order valence-corrected chi connectivity index (χ4v) is 2.19. The minimum Gasteiger partial charge on any atom is -0.393 e. The number of nitrogens with two attached hydrogens (primary N) is 1. The summed E-state index contributed by atoms with van der Waals surface area (Å²) in [4.78, 5) is 9.68. The lowest BCUT2D eigenvalue weighted by atomic mass is 10.3. The average molecular weight is 358 g/mol. The summed E-state index contributed by atoms with van der Waals surface area (Å²) in [6, 6.07) is 11.5. The molecule has 8 heteroatoms. The van der Waals surface area contributed by atoms with Crippen LogP contribution in [0.25, 0.3) is 0 Å². The molecule has 0 aliphatic heterocycles. The number of halogens is 1. The summed E-state index contributed by atoms with van der Waals surface area (Å²) in [5.74, 6) is 0.769. The number of benzene rings is 1. The van der Waals surface area contributed by atoms with Crippen molar-refractivity contribution in [2.24, 2.45) is 0 Å². The highest BCUT2D eigenvalue weighted by Crippen LogP contribution is 2.30. The maximum Gasteiger partial charge on any atom is 0.159 e. The molecule has 0 aliphatic rings. The summed E-state index contributed by atoms with van der Waals surface area (Å²) in [7, 11) is 0. The number of nitrogen functional groups attached to an aromatic ring is 1. The number of para-hydroxylation sites is 1. The maximum absolute atomic E-state index is 8.85. The van der Waals surface area contributed by atoms with E-state index in [-0.39, 0.29) is 18.8 Å². The number of hydrogen-bond acceptors (Lipinski definition) is 7. The lowest BCUT2D eigenvalue weighted by Gasteiger charge is -2.20. The van der Waals surface area contributed by atoms with Crippen LogP contribution in [0, 0.1) is 22.7 Å². The first kappa shape index (κ1) is 15.5. The highest BCUT2D eigenvalue weighted by atomic mass is 79.9. The number of hydrogen-bond donors (Lipinski definition) is 2. The first-order valence-corrected chi connectivity index (χ1v) is 7.07. The van der Waals surface area contributed by atoms with E-state index in [0.29, 0.717) is 11.6 Å². The Hall–Kier alpha value is -2.84. The minimum atomic E-state index is 0.0171. The molecule has 110 valence electrons. The third-order valence-corrected chi connectivity index (χ3v) is 3.50. The molecule has 2 aromatic rings. The van der Waals surface area contributed by atoms with Gasteiger partial charge in [-0.15, -0.1) is 0 Å². The first-order chi connectivity index (χ1) is 10.7. The van der Waals surface area contributed by atoms with Gasteiger partial charge in [-0.25, -0.2) is 9.97 Å². The molecule has 2 rings (SSSR count). The number of anilines is 4. The third-order valence-electron chi connectivity index (χ3n) is 2.81. The van der Waals surface area contributed by atoms with Gasteiger partial charge in [-0.05, 0) is 28.1 Å². The van der Waals surface area contributed by atoms with Crippen LogP contribution in [0.3, 0.4) is 0 Å². The highest BCUT2D eigenvalue weighted by molar-refractivity contribution is 9.10. The fraction of sp³-hybridized carbons (Fsp3) is 0.143. The smallest absolute Gasteiger partial charge is 0.159 e. The summed E-state index contributed by atoms with van der Waals surface area (Å²) >= 11 is 3.43. The summed E-state index contributed by atoms with van der Waals surface area (Å²) in [5.41, 5.74) is 7.16. The van der Waals surface area contributed by atoms with Gasteiger partial charge in [-0.3, -0.25) is 0 Å². The zero-order valence-electron chi connectivity index (χ0n) is 11.5. The fourth-order valence-electron chi connectivity index (χ4n) is 1.80. The Morgan fingerprint density at radius 2 is 1.86 bits per heavy atom. The van der Waals surface area contributed by atoms with E-state index in [1.54, 1.807) is 0 Å². The predicted molar refractivity (Wildman–Crippen MR) is 87.3 cm³/mol.